The van der Waals surface area contributed by atoms with Gasteiger partial charge in [-0.3, -0.25) is 5.41 Å². The standard InChI is InChI=1S/C11H14N4O/c1-8-7-11(16,15(14-8)10(12)13)9-5-3-2-4-6-9/h2-6,16H,7H2,1H3,(H3,12,13)/t11-/m1/s1. The highest BCUT2D eigenvalue weighted by atomic mass is 16.3. The fraction of sp³-hybridized carbons (Fsp3) is 0.273. The minimum atomic E-state index is -1.32. The monoisotopic (exact) mass is 218 g/mol. The predicted molar refractivity (Wildman–Crippen MR) is 61.8 cm³/mol. The number of rotatable bonds is 1. The first-order valence-electron chi connectivity index (χ1n) is 5.00. The van der Waals surface area contributed by atoms with Gasteiger partial charge in [-0.2, -0.15) is 10.1 Å². The minimum Gasteiger partial charge on any atom is -0.368 e. The Morgan fingerprint density at radius 1 is 1.50 bits per heavy atom. The summed E-state index contributed by atoms with van der Waals surface area (Å²) in [5.41, 5.74) is 5.53. The van der Waals surface area contributed by atoms with E-state index in [4.69, 9.17) is 11.1 Å². The van der Waals surface area contributed by atoms with E-state index in [0.717, 1.165) is 10.7 Å². The Labute approximate surface area is 93.7 Å². The molecule has 1 aromatic rings. The summed E-state index contributed by atoms with van der Waals surface area (Å²) in [5.74, 6) is -0.261. The van der Waals surface area contributed by atoms with E-state index in [1.54, 1.807) is 19.1 Å². The molecule has 4 N–H and O–H groups in total. The molecule has 16 heavy (non-hydrogen) atoms. The van der Waals surface area contributed by atoms with Crippen molar-refractivity contribution in [1.29, 1.82) is 5.41 Å². The number of hydrazone groups is 1. The number of nitrogens with zero attached hydrogens (tertiary/aromatic N) is 2. The van der Waals surface area contributed by atoms with Gasteiger partial charge in [0.1, 0.15) is 0 Å². The van der Waals surface area contributed by atoms with Crippen LogP contribution in [0.5, 0.6) is 0 Å². The van der Waals surface area contributed by atoms with Crippen LogP contribution in [0.1, 0.15) is 18.9 Å². The van der Waals surface area contributed by atoms with Crippen LogP contribution in [0.3, 0.4) is 0 Å². The van der Waals surface area contributed by atoms with Crippen LogP contribution in [-0.4, -0.2) is 21.8 Å². The number of guanidine groups is 1. The summed E-state index contributed by atoms with van der Waals surface area (Å²) in [5, 5.41) is 23.2. The van der Waals surface area contributed by atoms with E-state index < -0.39 is 5.72 Å². The molecule has 0 saturated heterocycles. The second-order valence-electron chi connectivity index (χ2n) is 3.89. The molecule has 84 valence electrons. The van der Waals surface area contributed by atoms with Crippen molar-refractivity contribution >= 4 is 11.7 Å². The molecule has 0 aromatic heterocycles. The molecule has 0 amide bonds. The zero-order chi connectivity index (χ0) is 11.8. The van der Waals surface area contributed by atoms with Gasteiger partial charge in [0.05, 0.1) is 0 Å². The fourth-order valence-corrected chi connectivity index (χ4v) is 1.90. The molecular formula is C11H14N4O. The molecule has 1 heterocycles. The lowest BCUT2D eigenvalue weighted by Gasteiger charge is -2.31. The molecule has 0 bridgehead atoms. The van der Waals surface area contributed by atoms with Crippen molar-refractivity contribution in [2.45, 2.75) is 19.1 Å². The summed E-state index contributed by atoms with van der Waals surface area (Å²) < 4.78 is 0. The molecule has 1 aliphatic heterocycles. The van der Waals surface area contributed by atoms with Crippen LogP contribution in [0.4, 0.5) is 0 Å². The molecule has 0 saturated carbocycles. The van der Waals surface area contributed by atoms with Gasteiger partial charge in [0.25, 0.3) is 0 Å². The average molecular weight is 218 g/mol. The normalized spacial score (nSPS) is 24.4. The number of nitrogens with two attached hydrogens (primary N) is 1. The van der Waals surface area contributed by atoms with E-state index in [9.17, 15) is 5.11 Å². The molecule has 2 rings (SSSR count). The van der Waals surface area contributed by atoms with Crippen LogP contribution in [0.25, 0.3) is 0 Å². The average Bonchev–Trinajstić information content (AvgIpc) is 2.57. The molecule has 5 nitrogen and oxygen atoms in total. The molecule has 0 radical (unpaired) electrons. The lowest BCUT2D eigenvalue weighted by Crippen LogP contribution is -2.46. The van der Waals surface area contributed by atoms with Gasteiger partial charge in [-0.15, -0.1) is 0 Å². The molecule has 1 atom stereocenters. The van der Waals surface area contributed by atoms with Gasteiger partial charge in [-0.25, -0.2) is 0 Å². The van der Waals surface area contributed by atoms with Crippen LogP contribution < -0.4 is 5.73 Å². The third kappa shape index (κ3) is 1.55. The van der Waals surface area contributed by atoms with Gasteiger partial charge in [-0.1, -0.05) is 30.3 Å². The van der Waals surface area contributed by atoms with Gasteiger partial charge in [0, 0.05) is 17.7 Å². The maximum atomic E-state index is 10.6. The molecule has 0 unspecified atom stereocenters. The van der Waals surface area contributed by atoms with Crippen molar-refractivity contribution in [2.24, 2.45) is 10.8 Å². The third-order valence-electron chi connectivity index (χ3n) is 2.59. The smallest absolute Gasteiger partial charge is 0.212 e. The van der Waals surface area contributed by atoms with Gasteiger partial charge in [0.15, 0.2) is 5.72 Å². The van der Waals surface area contributed by atoms with E-state index >= 15 is 0 Å². The summed E-state index contributed by atoms with van der Waals surface area (Å²) in [4.78, 5) is 0. The number of aliphatic hydroxyl groups is 1. The summed E-state index contributed by atoms with van der Waals surface area (Å²) in [7, 11) is 0. The van der Waals surface area contributed by atoms with Crippen molar-refractivity contribution < 1.29 is 5.11 Å². The maximum absolute atomic E-state index is 10.6. The number of nitrogens with one attached hydrogen (secondary N) is 1. The molecule has 1 aromatic carbocycles. The molecule has 0 fully saturated rings. The first-order valence-corrected chi connectivity index (χ1v) is 5.00. The first kappa shape index (κ1) is 10.6. The van der Waals surface area contributed by atoms with Gasteiger partial charge in [0.2, 0.25) is 5.96 Å². The Hall–Kier alpha value is -1.88. The summed E-state index contributed by atoms with van der Waals surface area (Å²) in [6.45, 7) is 1.80. The largest absolute Gasteiger partial charge is 0.368 e. The lowest BCUT2D eigenvalue weighted by molar-refractivity contribution is -0.0583. The molecule has 0 spiro atoms. The molecular weight excluding hydrogens is 204 g/mol. The highest BCUT2D eigenvalue weighted by Gasteiger charge is 2.42. The Balaban J connectivity index is 2.43. The second-order valence-corrected chi connectivity index (χ2v) is 3.89. The fourth-order valence-electron chi connectivity index (χ4n) is 1.90. The van der Waals surface area contributed by atoms with E-state index in [2.05, 4.69) is 5.10 Å². The van der Waals surface area contributed by atoms with Crippen molar-refractivity contribution in [2.75, 3.05) is 0 Å². The quantitative estimate of drug-likeness (QED) is 0.481. The number of hydrogen-bond acceptors (Lipinski definition) is 3. The van der Waals surface area contributed by atoms with E-state index in [1.807, 2.05) is 18.2 Å². The summed E-state index contributed by atoms with van der Waals surface area (Å²) in [6.07, 6.45) is 0.358. The third-order valence-corrected chi connectivity index (χ3v) is 2.59. The highest BCUT2D eigenvalue weighted by molar-refractivity contribution is 5.88. The second kappa shape index (κ2) is 3.61. The predicted octanol–water partition coefficient (Wildman–Crippen LogP) is 0.807. The van der Waals surface area contributed by atoms with Gasteiger partial charge in [-0.05, 0) is 6.92 Å². The maximum Gasteiger partial charge on any atom is 0.212 e. The van der Waals surface area contributed by atoms with Crippen LogP contribution in [-0.2, 0) is 5.72 Å². The molecule has 0 aliphatic carbocycles. The van der Waals surface area contributed by atoms with E-state index in [-0.39, 0.29) is 5.96 Å². The number of benzene rings is 1. The Morgan fingerprint density at radius 2 is 2.12 bits per heavy atom. The topological polar surface area (TPSA) is 85.7 Å². The van der Waals surface area contributed by atoms with Crippen molar-refractivity contribution in [3.8, 4) is 0 Å². The van der Waals surface area contributed by atoms with Crippen molar-refractivity contribution in [1.82, 2.24) is 5.01 Å². The zero-order valence-corrected chi connectivity index (χ0v) is 9.01. The van der Waals surface area contributed by atoms with Gasteiger partial charge < -0.3 is 10.8 Å². The van der Waals surface area contributed by atoms with Crippen LogP contribution in [0.2, 0.25) is 0 Å². The SMILES string of the molecule is CC1=NN(C(=N)N)[C@](O)(c2ccccc2)C1. The highest BCUT2D eigenvalue weighted by Crippen LogP contribution is 2.34. The van der Waals surface area contributed by atoms with Crippen LogP contribution >= 0.6 is 0 Å². The Kier molecular flexibility index (Phi) is 2.40. The summed E-state index contributed by atoms with van der Waals surface area (Å²) in [6, 6.07) is 9.13. The lowest BCUT2D eigenvalue weighted by atomic mass is 9.98. The number of hydrogen-bond donors (Lipinski definition) is 3. The van der Waals surface area contributed by atoms with Crippen molar-refractivity contribution in [3.05, 3.63) is 35.9 Å². The summed E-state index contributed by atoms with van der Waals surface area (Å²) >= 11 is 0. The Bertz CT molecular complexity index is 443. The van der Waals surface area contributed by atoms with E-state index in [1.165, 1.54) is 0 Å². The first-order chi connectivity index (χ1) is 7.54. The van der Waals surface area contributed by atoms with Crippen LogP contribution in [0, 0.1) is 5.41 Å². The Morgan fingerprint density at radius 3 is 2.69 bits per heavy atom. The van der Waals surface area contributed by atoms with Crippen LogP contribution in [0.15, 0.2) is 35.4 Å². The van der Waals surface area contributed by atoms with E-state index in [0.29, 0.717) is 12.0 Å². The molecule has 5 heteroatoms. The molecule has 1 aliphatic rings. The zero-order valence-electron chi connectivity index (χ0n) is 9.01. The van der Waals surface area contributed by atoms with Gasteiger partial charge >= 0.3 is 0 Å². The minimum absolute atomic E-state index is 0.261. The van der Waals surface area contributed by atoms with Crippen molar-refractivity contribution in [3.63, 3.8) is 0 Å².